The van der Waals surface area contributed by atoms with E-state index in [1.165, 1.54) is 38.5 Å². The minimum atomic E-state index is 0.503. The van der Waals surface area contributed by atoms with Gasteiger partial charge in [0.1, 0.15) is 6.29 Å². The Morgan fingerprint density at radius 1 is 1.00 bits per heavy atom. The Hall–Kier alpha value is -3.59. The molecule has 5 heteroatoms. The molecule has 2 atom stereocenters. The number of ether oxygens (including phenoxy) is 1. The molecule has 2 unspecified atom stereocenters. The van der Waals surface area contributed by atoms with Gasteiger partial charge < -0.3 is 10.5 Å². The van der Waals surface area contributed by atoms with Gasteiger partial charge >= 0.3 is 0 Å². The van der Waals surface area contributed by atoms with Crippen molar-refractivity contribution < 1.29 is 9.53 Å². The zero-order chi connectivity index (χ0) is 30.5. The Labute approximate surface area is 252 Å². The molecular weight excluding hydrogens is 518 g/mol. The first-order chi connectivity index (χ1) is 20.2. The van der Waals surface area contributed by atoms with Crippen molar-refractivity contribution in [3.8, 4) is 17.2 Å². The summed E-state index contributed by atoms with van der Waals surface area (Å²) in [6, 6.07) is 18.2. The molecule has 2 aliphatic rings. The van der Waals surface area contributed by atoms with E-state index >= 15 is 0 Å². The molecule has 1 aliphatic heterocycles. The number of carbonyl (C=O) groups is 1. The van der Waals surface area contributed by atoms with Crippen molar-refractivity contribution in [3.05, 3.63) is 88.2 Å². The van der Waals surface area contributed by atoms with E-state index in [1.54, 1.807) is 6.20 Å². The zero-order valence-corrected chi connectivity index (χ0v) is 26.0. The number of aldehydes is 1. The maximum Gasteiger partial charge on any atom is 0.150 e. The SMILES string of the molecule is C/C(=C\c1nccc(-c2ccc(C)c(C#N)c2)c1C)c1ccc(C=O)cc1.CC1CCCCC1N.CC1CCOCC1. The van der Waals surface area contributed by atoms with Gasteiger partial charge in [-0.2, -0.15) is 5.26 Å². The maximum absolute atomic E-state index is 10.8. The van der Waals surface area contributed by atoms with Crippen molar-refractivity contribution in [1.29, 1.82) is 5.26 Å². The second-order valence-electron chi connectivity index (χ2n) is 11.8. The normalized spacial score (nSPS) is 18.9. The first-order valence-corrected chi connectivity index (χ1v) is 15.3. The molecule has 1 aliphatic carbocycles. The molecule has 5 nitrogen and oxygen atoms in total. The number of benzene rings is 2. The average molecular weight is 566 g/mol. The van der Waals surface area contributed by atoms with E-state index in [0.29, 0.717) is 17.2 Å². The number of nitrogens with zero attached hydrogens (tertiary/aromatic N) is 2. The van der Waals surface area contributed by atoms with Crippen molar-refractivity contribution >= 4 is 17.9 Å². The molecule has 2 N–H and O–H groups in total. The Morgan fingerprint density at radius 2 is 1.69 bits per heavy atom. The van der Waals surface area contributed by atoms with Crippen LogP contribution < -0.4 is 5.73 Å². The number of allylic oxidation sites excluding steroid dienone is 1. The third kappa shape index (κ3) is 9.76. The van der Waals surface area contributed by atoms with E-state index in [4.69, 9.17) is 10.5 Å². The molecular formula is C37H47N3O2. The van der Waals surface area contributed by atoms with Crippen LogP contribution in [0.2, 0.25) is 0 Å². The van der Waals surface area contributed by atoms with Gasteiger partial charge in [0.25, 0.3) is 0 Å². The van der Waals surface area contributed by atoms with Gasteiger partial charge in [-0.05, 0) is 110 Å². The summed E-state index contributed by atoms with van der Waals surface area (Å²) in [7, 11) is 0. The number of nitriles is 1. The molecule has 0 bridgehead atoms. The van der Waals surface area contributed by atoms with Crippen LogP contribution in [0.1, 0.15) is 97.6 Å². The van der Waals surface area contributed by atoms with Crippen LogP contribution in [0.3, 0.4) is 0 Å². The summed E-state index contributed by atoms with van der Waals surface area (Å²) in [5.41, 5.74) is 14.3. The highest BCUT2D eigenvalue weighted by Crippen LogP contribution is 2.28. The van der Waals surface area contributed by atoms with Gasteiger partial charge in [-0.3, -0.25) is 9.78 Å². The molecule has 1 saturated heterocycles. The Morgan fingerprint density at radius 3 is 2.24 bits per heavy atom. The molecule has 0 amide bonds. The second kappa shape index (κ2) is 16.8. The van der Waals surface area contributed by atoms with Crippen molar-refractivity contribution in [2.24, 2.45) is 17.6 Å². The predicted molar refractivity (Wildman–Crippen MR) is 174 cm³/mol. The summed E-state index contributed by atoms with van der Waals surface area (Å²) >= 11 is 0. The number of hydrogen-bond acceptors (Lipinski definition) is 5. The lowest BCUT2D eigenvalue weighted by Crippen LogP contribution is -2.30. The highest BCUT2D eigenvalue weighted by atomic mass is 16.5. The smallest absolute Gasteiger partial charge is 0.150 e. The lowest BCUT2D eigenvalue weighted by molar-refractivity contribution is 0.0716. The molecule has 5 rings (SSSR count). The largest absolute Gasteiger partial charge is 0.381 e. The van der Waals surface area contributed by atoms with Crippen molar-refractivity contribution in [1.82, 2.24) is 4.98 Å². The Kier molecular flexibility index (Phi) is 13.1. The van der Waals surface area contributed by atoms with Crippen LogP contribution in [0.15, 0.2) is 54.7 Å². The van der Waals surface area contributed by atoms with Crippen LogP contribution in [0, 0.1) is 37.0 Å². The summed E-state index contributed by atoms with van der Waals surface area (Å²) in [6.45, 7) is 12.5. The molecule has 1 saturated carbocycles. The molecule has 1 aromatic heterocycles. The Balaban J connectivity index is 0.000000261. The van der Waals surface area contributed by atoms with E-state index in [9.17, 15) is 10.1 Å². The minimum Gasteiger partial charge on any atom is -0.381 e. The first kappa shape index (κ1) is 32.9. The van der Waals surface area contributed by atoms with Gasteiger partial charge in [0.15, 0.2) is 0 Å². The summed E-state index contributed by atoms with van der Waals surface area (Å²) in [6.07, 6.45) is 12.6. The second-order valence-corrected chi connectivity index (χ2v) is 11.8. The van der Waals surface area contributed by atoms with Crippen LogP contribution in [-0.4, -0.2) is 30.5 Å². The number of aryl methyl sites for hydroxylation is 1. The minimum absolute atomic E-state index is 0.503. The van der Waals surface area contributed by atoms with Gasteiger partial charge in [0.2, 0.25) is 0 Å². The molecule has 2 fully saturated rings. The topological polar surface area (TPSA) is 89.0 Å². The summed E-state index contributed by atoms with van der Waals surface area (Å²) in [5.74, 6) is 1.69. The summed E-state index contributed by atoms with van der Waals surface area (Å²) in [4.78, 5) is 15.3. The summed E-state index contributed by atoms with van der Waals surface area (Å²) in [5, 5.41) is 9.30. The van der Waals surface area contributed by atoms with Crippen LogP contribution >= 0.6 is 0 Å². The molecule has 0 radical (unpaired) electrons. The van der Waals surface area contributed by atoms with E-state index in [1.807, 2.05) is 75.4 Å². The quantitative estimate of drug-likeness (QED) is 0.320. The van der Waals surface area contributed by atoms with Crippen molar-refractivity contribution in [3.63, 3.8) is 0 Å². The van der Waals surface area contributed by atoms with Crippen LogP contribution in [0.5, 0.6) is 0 Å². The van der Waals surface area contributed by atoms with E-state index in [2.05, 4.69) is 24.9 Å². The fraction of sp³-hybridized carbons (Fsp3) is 0.432. The lowest BCUT2D eigenvalue weighted by Gasteiger charge is -2.24. The third-order valence-corrected chi connectivity index (χ3v) is 8.46. The number of aromatic nitrogens is 1. The van der Waals surface area contributed by atoms with E-state index in [0.717, 1.165) is 70.4 Å². The van der Waals surface area contributed by atoms with Crippen LogP contribution in [0.4, 0.5) is 0 Å². The molecule has 2 aromatic carbocycles. The number of carbonyl (C=O) groups excluding carboxylic acids is 1. The lowest BCUT2D eigenvalue weighted by atomic mass is 9.87. The fourth-order valence-corrected chi connectivity index (χ4v) is 5.19. The third-order valence-electron chi connectivity index (χ3n) is 8.46. The van der Waals surface area contributed by atoms with Gasteiger partial charge in [-0.15, -0.1) is 0 Å². The highest BCUT2D eigenvalue weighted by Gasteiger charge is 2.16. The zero-order valence-electron chi connectivity index (χ0n) is 26.0. The number of pyridine rings is 1. The van der Waals surface area contributed by atoms with Crippen LogP contribution in [-0.2, 0) is 4.74 Å². The van der Waals surface area contributed by atoms with E-state index in [-0.39, 0.29) is 0 Å². The predicted octanol–water partition coefficient (Wildman–Crippen LogP) is 8.57. The molecule has 3 aromatic rings. The van der Waals surface area contributed by atoms with Crippen LogP contribution in [0.25, 0.3) is 22.8 Å². The monoisotopic (exact) mass is 565 g/mol. The molecule has 222 valence electrons. The van der Waals surface area contributed by atoms with Crippen molar-refractivity contribution in [2.45, 2.75) is 79.2 Å². The average Bonchev–Trinajstić information content (AvgIpc) is 3.01. The molecule has 2 heterocycles. The van der Waals surface area contributed by atoms with Gasteiger partial charge in [0.05, 0.1) is 17.3 Å². The first-order valence-electron chi connectivity index (χ1n) is 15.3. The standard InChI is InChI=1S/C24H20N2O.C7H15N.C6H12O/c1-16-4-7-21(13-22(16)14-25)23-10-11-26-24(18(23)3)12-17(2)20-8-5-19(15-27)6-9-20;1-6-4-2-3-5-7(6)8;1-6-2-4-7-5-3-6/h4-13,15H,1-3H3;6-7H,2-5,8H2,1H3;6H,2-5H2,1H3/b17-12+;;. The molecule has 42 heavy (non-hydrogen) atoms. The van der Waals surface area contributed by atoms with E-state index < -0.39 is 0 Å². The number of hydrogen-bond donors (Lipinski definition) is 1. The Bertz CT molecular complexity index is 1350. The molecule has 0 spiro atoms. The van der Waals surface area contributed by atoms with Gasteiger partial charge in [-0.1, -0.05) is 63.1 Å². The van der Waals surface area contributed by atoms with Crippen molar-refractivity contribution in [2.75, 3.05) is 13.2 Å². The number of rotatable bonds is 4. The number of nitrogens with two attached hydrogens (primary N) is 1. The highest BCUT2D eigenvalue weighted by molar-refractivity contribution is 5.83. The van der Waals surface area contributed by atoms with Gasteiger partial charge in [-0.25, -0.2) is 0 Å². The maximum atomic E-state index is 10.8. The van der Waals surface area contributed by atoms with Gasteiger partial charge in [0, 0.05) is 31.0 Å². The fourth-order valence-electron chi connectivity index (χ4n) is 5.19. The summed E-state index contributed by atoms with van der Waals surface area (Å²) < 4.78 is 5.14.